The van der Waals surface area contributed by atoms with Gasteiger partial charge in [-0.1, -0.05) is 250 Å². The minimum absolute atomic E-state index is 0.818. The van der Waals surface area contributed by atoms with E-state index in [1.54, 1.807) is 0 Å². The van der Waals surface area contributed by atoms with Crippen LogP contribution in [0, 0.1) is 0 Å². The van der Waals surface area contributed by atoms with Crippen LogP contribution in [0.3, 0.4) is 0 Å². The number of hydrogen-bond acceptors (Lipinski definition) is 8. The molecule has 0 fully saturated rings. The van der Waals surface area contributed by atoms with Gasteiger partial charge in [0.15, 0.2) is 11.2 Å². The van der Waals surface area contributed by atoms with Crippen LogP contribution in [0.2, 0.25) is 0 Å². The van der Waals surface area contributed by atoms with Crippen LogP contribution >= 0.6 is 95.6 Å². The summed E-state index contributed by atoms with van der Waals surface area (Å²) in [7, 11) is 0. The molecule has 8 nitrogen and oxygen atoms in total. The number of rotatable bonds is 0. The Morgan fingerprint density at radius 2 is 0.397 bits per heavy atom. The van der Waals surface area contributed by atoms with Gasteiger partial charge < -0.3 is 35.3 Å². The van der Waals surface area contributed by atoms with Gasteiger partial charge in [-0.05, 0) is 235 Å². The molecule has 0 N–H and O–H groups in total. The van der Waals surface area contributed by atoms with E-state index in [2.05, 4.69) is 399 Å². The Balaban J connectivity index is 0.0000000837. The quantitative estimate of drug-likeness (QED) is 0.109. The zero-order chi connectivity index (χ0) is 82.8. The van der Waals surface area contributed by atoms with Gasteiger partial charge in [-0.3, -0.25) is 0 Å². The zero-order valence-electron chi connectivity index (χ0n) is 65.4. The standard InChI is InChI=1S/C28H10Br4O2.C28H12Br2O2.2C28H14O2/c29-15-9-17(31)27-21-19(15)11-5-1-3-7-13(11)25-23(21)24-22-20(16(30)10-18(32)28(22)33-25)12-6-2-4-8-14(12)26(24)34-27;29-25-17-7-3-1-5-13(17)15-9-11-19-23-21(15)27(25)31-20-12-10-16-14-6-2-4-8-18(14)26(30)28(32-19)22(16)24(20)23;1-3-9-19-15(7-1)17-11-5-13-21-23(17)25-26-24-18(12-6-14-22(24)29-27(19)25)16-8-2-4-10-20(16)28(26)30-21;1-3-7-17-15(5-1)13-23-25-19(17)9-11-22-27(25)28-21(29-23)12-10-20-18-8-4-2-6-16(18)14-24(30-22)26(20)28/h1-10H;1-12H;2*1-14H. The molecule has 0 spiro atoms. The molecule has 8 aliphatic heterocycles. The van der Waals surface area contributed by atoms with Crippen molar-refractivity contribution in [1.29, 1.82) is 0 Å². The summed E-state index contributed by atoms with van der Waals surface area (Å²) < 4.78 is 58.9. The van der Waals surface area contributed by atoms with Crippen molar-refractivity contribution in [3.05, 3.63) is 330 Å². The summed E-state index contributed by atoms with van der Waals surface area (Å²) in [6.45, 7) is 0. The van der Waals surface area contributed by atoms with Crippen LogP contribution in [0.5, 0.6) is 0 Å². The van der Waals surface area contributed by atoms with Gasteiger partial charge in [0, 0.05) is 140 Å². The third kappa shape index (κ3) is 9.29. The highest BCUT2D eigenvalue weighted by Crippen LogP contribution is 2.61. The summed E-state index contributed by atoms with van der Waals surface area (Å²) in [6.07, 6.45) is 0. The van der Waals surface area contributed by atoms with Gasteiger partial charge >= 0.3 is 0 Å². The summed E-state index contributed by atoms with van der Waals surface area (Å²) in [4.78, 5) is 0. The second-order valence-electron chi connectivity index (χ2n) is 33.0. The average Bonchev–Trinajstić information content (AvgIpc) is 0.687. The lowest BCUT2D eigenvalue weighted by molar-refractivity contribution is 0.645. The zero-order valence-corrected chi connectivity index (χ0v) is 74.9. The molecule has 126 heavy (non-hydrogen) atoms. The van der Waals surface area contributed by atoms with E-state index in [1.165, 1.54) is 75.4 Å². The molecule has 0 aliphatic carbocycles. The Labute approximate surface area is 760 Å². The highest BCUT2D eigenvalue weighted by Gasteiger charge is 2.36. The first kappa shape index (κ1) is 71.0. The predicted octanol–water partition coefficient (Wildman–Crippen LogP) is 37.9. The Morgan fingerprint density at radius 3 is 0.794 bits per heavy atom. The summed E-state index contributed by atoms with van der Waals surface area (Å²) in [6, 6.07) is 106. The van der Waals surface area contributed by atoms with Crippen molar-refractivity contribution >= 4 is 357 Å². The Morgan fingerprint density at radius 1 is 0.135 bits per heavy atom. The third-order valence-electron chi connectivity index (χ3n) is 26.8. The highest BCUT2D eigenvalue weighted by atomic mass is 79.9. The minimum Gasteiger partial charge on any atom is -0.456 e. The lowest BCUT2D eigenvalue weighted by atomic mass is 9.85. The second-order valence-corrected chi connectivity index (χ2v) is 38.0. The van der Waals surface area contributed by atoms with Gasteiger partial charge in [0.2, 0.25) is 0 Å². The van der Waals surface area contributed by atoms with E-state index in [9.17, 15) is 0 Å². The molecule has 0 aromatic heterocycles. The van der Waals surface area contributed by atoms with Gasteiger partial charge in [0.05, 0.1) is 17.9 Å². The lowest BCUT2D eigenvalue weighted by Gasteiger charge is -2.24. The fraction of sp³-hybridized carbons (Fsp3) is 0. The average molecular weight is 2000 g/mol. The van der Waals surface area contributed by atoms with Gasteiger partial charge in [-0.25, -0.2) is 0 Å². The normalized spacial score (nSPS) is 12.7. The maximum Gasteiger partial charge on any atom is 0.150 e. The van der Waals surface area contributed by atoms with Crippen molar-refractivity contribution in [3.8, 4) is 44.5 Å². The Kier molecular flexibility index (Phi) is 14.5. The van der Waals surface area contributed by atoms with Crippen molar-refractivity contribution in [3.63, 3.8) is 0 Å². The van der Waals surface area contributed by atoms with E-state index < -0.39 is 0 Å². The third-order valence-corrected chi connectivity index (χ3v) is 30.8. The van der Waals surface area contributed by atoms with E-state index in [-0.39, 0.29) is 0 Å². The Hall–Kier alpha value is -13.3. The molecular weight excluding hydrogens is 1950 g/mol. The molecule has 8 heterocycles. The maximum absolute atomic E-state index is 6.81. The van der Waals surface area contributed by atoms with Gasteiger partial charge in [-0.2, -0.15) is 0 Å². The number of benzene rings is 24. The van der Waals surface area contributed by atoms with Crippen molar-refractivity contribution in [1.82, 2.24) is 0 Å². The van der Waals surface area contributed by atoms with Crippen LogP contribution in [0.25, 0.3) is 306 Å². The molecule has 0 amide bonds. The van der Waals surface area contributed by atoms with Gasteiger partial charge in [0.1, 0.15) is 78.2 Å². The predicted molar refractivity (Wildman–Crippen MR) is 541 cm³/mol. The van der Waals surface area contributed by atoms with E-state index in [1.807, 2.05) is 0 Å². The summed E-state index contributed by atoms with van der Waals surface area (Å²) >= 11 is 22.9. The lowest BCUT2D eigenvalue weighted by Crippen LogP contribution is -1.98. The molecule has 588 valence electrons. The first-order valence-electron chi connectivity index (χ1n) is 41.5. The number of fused-ring (bicyclic) bond motifs is 20. The molecule has 0 unspecified atom stereocenters. The van der Waals surface area contributed by atoms with Gasteiger partial charge in [0.25, 0.3) is 0 Å². The highest BCUT2D eigenvalue weighted by molar-refractivity contribution is 9.11. The molecule has 0 atom stereocenters. The molecule has 24 aromatic carbocycles. The SMILES string of the molecule is Brc1c2ccccc2c2ccc3oc4c(Br)c5ccccc5c5ccc6oc1c2c3-c6c45.Brc1cc(Br)c2c3ccccc3c3oc4c(Br)cc(Br)c5c6ccccc6c6oc1c2c3-c6c45.c1ccc2c(c1)c1oc3cccc4c5ccccc5c5oc6cccc2c6c1-c5c34.c1ccc2c(c1)cc1oc3ccc4c5ccccc5cc5oc6ccc2c1c6-c3c54. The van der Waals surface area contributed by atoms with Crippen molar-refractivity contribution < 1.29 is 35.3 Å². The molecule has 0 bridgehead atoms. The van der Waals surface area contributed by atoms with Crippen molar-refractivity contribution in [2.24, 2.45) is 0 Å². The maximum atomic E-state index is 6.81. The molecule has 8 aliphatic rings. The first-order valence-corrected chi connectivity index (χ1v) is 46.2. The fourth-order valence-corrected chi connectivity index (χ4v) is 26.0. The smallest absolute Gasteiger partial charge is 0.150 e. The number of hydrogen-bond donors (Lipinski definition) is 0. The second kappa shape index (κ2) is 25.7. The topological polar surface area (TPSA) is 105 Å². The van der Waals surface area contributed by atoms with Crippen LogP contribution < -0.4 is 0 Å². The largest absolute Gasteiger partial charge is 0.456 e. The number of halogens is 6. The van der Waals surface area contributed by atoms with E-state index >= 15 is 0 Å². The minimum atomic E-state index is 0.818. The van der Waals surface area contributed by atoms with Crippen LogP contribution in [0.4, 0.5) is 0 Å². The summed E-state index contributed by atoms with van der Waals surface area (Å²) in [5.41, 5.74) is 23.1. The van der Waals surface area contributed by atoms with E-state index in [0.717, 1.165) is 258 Å². The van der Waals surface area contributed by atoms with Crippen LogP contribution in [0.1, 0.15) is 0 Å². The van der Waals surface area contributed by atoms with Crippen LogP contribution in [-0.4, -0.2) is 0 Å². The van der Waals surface area contributed by atoms with Crippen molar-refractivity contribution in [2.45, 2.75) is 0 Å². The monoisotopic (exact) mass is 2000 g/mol. The summed E-state index contributed by atoms with van der Waals surface area (Å²) in [5, 5.41) is 36.9. The summed E-state index contributed by atoms with van der Waals surface area (Å²) in [5.74, 6) is 0. The van der Waals surface area contributed by atoms with Crippen LogP contribution in [-0.2, 0) is 0 Å². The molecule has 0 saturated carbocycles. The van der Waals surface area contributed by atoms with E-state index in [4.69, 9.17) is 35.3 Å². The molecule has 0 saturated heterocycles. The van der Waals surface area contributed by atoms with Crippen molar-refractivity contribution in [2.75, 3.05) is 0 Å². The molecule has 14 heteroatoms. The first-order chi connectivity index (χ1) is 62.0. The van der Waals surface area contributed by atoms with E-state index in [0.29, 0.717) is 0 Å². The van der Waals surface area contributed by atoms with Gasteiger partial charge in [-0.15, -0.1) is 0 Å². The molecule has 24 aromatic rings. The fourth-order valence-electron chi connectivity index (χ4n) is 21.8. The molecule has 0 radical (unpaired) electrons. The molecule has 32 rings (SSSR count). The van der Waals surface area contributed by atoms with Crippen LogP contribution in [0.15, 0.2) is 365 Å². The Bertz CT molecular complexity index is 9670. The molecular formula is C112H50Br6O8.